The summed E-state index contributed by atoms with van der Waals surface area (Å²) in [6, 6.07) is 3.87. The summed E-state index contributed by atoms with van der Waals surface area (Å²) in [5.74, 6) is 0.907. The first-order valence-electron chi connectivity index (χ1n) is 4.81. The maximum Gasteiger partial charge on any atom is 0.160 e. The molecule has 0 aliphatic carbocycles. The van der Waals surface area contributed by atoms with Crippen LogP contribution < -0.4 is 4.74 Å². The summed E-state index contributed by atoms with van der Waals surface area (Å²) in [5.41, 5.74) is 2.75. The number of ether oxygens (including phenoxy) is 1. The van der Waals surface area contributed by atoms with E-state index in [0.717, 1.165) is 22.4 Å². The number of rotatable bonds is 3. The van der Waals surface area contributed by atoms with Gasteiger partial charge in [-0.3, -0.25) is 4.79 Å². The number of Topliss-reactive ketones (excluding diaryl/α,β-unsaturated/α-hetero) is 1. The summed E-state index contributed by atoms with van der Waals surface area (Å²) in [5, 5.41) is 0. The fraction of sp³-hybridized carbons (Fsp3) is 0.417. The summed E-state index contributed by atoms with van der Waals surface area (Å²) < 4.78 is 5.46. The third-order valence-electron chi connectivity index (χ3n) is 2.18. The van der Waals surface area contributed by atoms with Crippen LogP contribution in [0.1, 0.15) is 35.3 Å². The number of hydrogen-bond donors (Lipinski definition) is 0. The van der Waals surface area contributed by atoms with E-state index >= 15 is 0 Å². The van der Waals surface area contributed by atoms with E-state index in [1.165, 1.54) is 0 Å². The van der Waals surface area contributed by atoms with Crippen molar-refractivity contribution in [1.82, 2.24) is 0 Å². The maximum absolute atomic E-state index is 11.3. The molecule has 0 N–H and O–H groups in total. The molecule has 0 radical (unpaired) electrons. The van der Waals surface area contributed by atoms with Crippen molar-refractivity contribution in [3.8, 4) is 5.75 Å². The lowest BCUT2D eigenvalue weighted by molar-refractivity contribution is 0.101. The van der Waals surface area contributed by atoms with Crippen LogP contribution in [0.3, 0.4) is 0 Å². The SMILES string of the molecule is CCOc1cc(C)cc(C(C)=O)c1C. The number of carbonyl (C=O) groups is 1. The molecule has 76 valence electrons. The van der Waals surface area contributed by atoms with Crippen LogP contribution in [-0.4, -0.2) is 12.4 Å². The number of hydrogen-bond acceptors (Lipinski definition) is 2. The first kappa shape index (κ1) is 10.8. The average Bonchev–Trinajstić information content (AvgIpc) is 2.10. The van der Waals surface area contributed by atoms with Crippen LogP contribution in [0, 0.1) is 13.8 Å². The lowest BCUT2D eigenvalue weighted by Gasteiger charge is -2.11. The number of ketones is 1. The molecule has 0 unspecified atom stereocenters. The summed E-state index contributed by atoms with van der Waals surface area (Å²) in [4.78, 5) is 11.3. The highest BCUT2D eigenvalue weighted by molar-refractivity contribution is 5.96. The molecule has 0 heterocycles. The van der Waals surface area contributed by atoms with E-state index in [1.54, 1.807) is 6.92 Å². The molecule has 0 fully saturated rings. The van der Waals surface area contributed by atoms with Crippen LogP contribution in [0.4, 0.5) is 0 Å². The molecule has 0 spiro atoms. The van der Waals surface area contributed by atoms with Crippen LogP contribution in [0.15, 0.2) is 12.1 Å². The quantitative estimate of drug-likeness (QED) is 0.688. The Morgan fingerprint density at radius 3 is 2.50 bits per heavy atom. The maximum atomic E-state index is 11.3. The van der Waals surface area contributed by atoms with Gasteiger partial charge < -0.3 is 4.74 Å². The van der Waals surface area contributed by atoms with Gasteiger partial charge in [0, 0.05) is 11.1 Å². The van der Waals surface area contributed by atoms with E-state index in [1.807, 2.05) is 32.9 Å². The van der Waals surface area contributed by atoms with Crippen LogP contribution >= 0.6 is 0 Å². The van der Waals surface area contributed by atoms with Crippen molar-refractivity contribution >= 4 is 5.78 Å². The Labute approximate surface area is 84.9 Å². The molecule has 2 nitrogen and oxygen atoms in total. The monoisotopic (exact) mass is 192 g/mol. The highest BCUT2D eigenvalue weighted by Crippen LogP contribution is 2.24. The lowest BCUT2D eigenvalue weighted by atomic mass is 10.0. The second kappa shape index (κ2) is 4.27. The molecule has 0 aliphatic heterocycles. The van der Waals surface area contributed by atoms with Crippen molar-refractivity contribution in [2.75, 3.05) is 6.61 Å². The Hall–Kier alpha value is -1.31. The number of carbonyl (C=O) groups excluding carboxylic acids is 1. The van der Waals surface area contributed by atoms with E-state index in [-0.39, 0.29) is 5.78 Å². The molecular formula is C12H16O2. The third-order valence-corrected chi connectivity index (χ3v) is 2.18. The minimum atomic E-state index is 0.0900. The van der Waals surface area contributed by atoms with Gasteiger partial charge in [0.15, 0.2) is 5.78 Å². The van der Waals surface area contributed by atoms with Crippen molar-refractivity contribution < 1.29 is 9.53 Å². The van der Waals surface area contributed by atoms with Crippen molar-refractivity contribution in [2.24, 2.45) is 0 Å². The summed E-state index contributed by atoms with van der Waals surface area (Å²) >= 11 is 0. The van der Waals surface area contributed by atoms with Crippen molar-refractivity contribution in [3.05, 3.63) is 28.8 Å². The van der Waals surface area contributed by atoms with E-state index in [2.05, 4.69) is 0 Å². The van der Waals surface area contributed by atoms with Gasteiger partial charge in [-0.1, -0.05) is 0 Å². The van der Waals surface area contributed by atoms with Crippen molar-refractivity contribution in [2.45, 2.75) is 27.7 Å². The highest BCUT2D eigenvalue weighted by Gasteiger charge is 2.09. The Morgan fingerprint density at radius 1 is 1.36 bits per heavy atom. The van der Waals surface area contributed by atoms with Crippen LogP contribution in [0.25, 0.3) is 0 Å². The van der Waals surface area contributed by atoms with E-state index in [9.17, 15) is 4.79 Å². The third kappa shape index (κ3) is 2.13. The smallest absolute Gasteiger partial charge is 0.160 e. The normalized spacial score (nSPS) is 10.0. The summed E-state index contributed by atoms with van der Waals surface area (Å²) in [6.45, 7) is 8.03. The fourth-order valence-electron chi connectivity index (χ4n) is 1.50. The molecule has 1 aromatic rings. The van der Waals surface area contributed by atoms with Gasteiger partial charge in [0.25, 0.3) is 0 Å². The lowest BCUT2D eigenvalue weighted by Crippen LogP contribution is -2.01. The zero-order valence-electron chi connectivity index (χ0n) is 9.18. The van der Waals surface area contributed by atoms with Crippen molar-refractivity contribution in [1.29, 1.82) is 0 Å². The zero-order valence-corrected chi connectivity index (χ0v) is 9.18. The highest BCUT2D eigenvalue weighted by atomic mass is 16.5. The first-order chi connectivity index (χ1) is 6.56. The minimum absolute atomic E-state index is 0.0900. The molecule has 0 amide bonds. The molecule has 0 bridgehead atoms. The van der Waals surface area contributed by atoms with Gasteiger partial charge in [0.2, 0.25) is 0 Å². The van der Waals surface area contributed by atoms with Gasteiger partial charge in [-0.05, 0) is 45.4 Å². The van der Waals surface area contributed by atoms with Gasteiger partial charge in [0.05, 0.1) is 6.61 Å². The second-order valence-electron chi connectivity index (χ2n) is 3.42. The van der Waals surface area contributed by atoms with Gasteiger partial charge in [0.1, 0.15) is 5.75 Å². The number of benzene rings is 1. The Morgan fingerprint density at radius 2 is 2.00 bits per heavy atom. The molecule has 0 atom stereocenters. The molecule has 14 heavy (non-hydrogen) atoms. The molecule has 0 aromatic heterocycles. The molecule has 0 saturated carbocycles. The standard InChI is InChI=1S/C12H16O2/c1-5-14-12-7-8(2)6-11(9(12)3)10(4)13/h6-7H,5H2,1-4H3. The topological polar surface area (TPSA) is 26.3 Å². The van der Waals surface area contributed by atoms with E-state index < -0.39 is 0 Å². The van der Waals surface area contributed by atoms with E-state index in [0.29, 0.717) is 6.61 Å². The van der Waals surface area contributed by atoms with Gasteiger partial charge in [-0.25, -0.2) is 0 Å². The predicted molar refractivity (Wildman–Crippen MR) is 57.1 cm³/mol. The number of aryl methyl sites for hydroxylation is 1. The minimum Gasteiger partial charge on any atom is -0.494 e. The van der Waals surface area contributed by atoms with Crippen LogP contribution in [0.5, 0.6) is 5.75 Å². The molecule has 2 heteroatoms. The van der Waals surface area contributed by atoms with Gasteiger partial charge in [-0.15, -0.1) is 0 Å². The van der Waals surface area contributed by atoms with Gasteiger partial charge in [-0.2, -0.15) is 0 Å². The van der Waals surface area contributed by atoms with Gasteiger partial charge >= 0.3 is 0 Å². The first-order valence-corrected chi connectivity index (χ1v) is 4.81. The molecule has 0 saturated heterocycles. The molecule has 1 rings (SSSR count). The largest absolute Gasteiger partial charge is 0.494 e. The zero-order chi connectivity index (χ0) is 10.7. The fourth-order valence-corrected chi connectivity index (χ4v) is 1.50. The average molecular weight is 192 g/mol. The molecule has 0 aliphatic rings. The molecule has 1 aromatic carbocycles. The van der Waals surface area contributed by atoms with E-state index in [4.69, 9.17) is 4.74 Å². The predicted octanol–water partition coefficient (Wildman–Crippen LogP) is 2.90. The Balaban J connectivity index is 3.24. The van der Waals surface area contributed by atoms with Crippen LogP contribution in [0.2, 0.25) is 0 Å². The van der Waals surface area contributed by atoms with Crippen molar-refractivity contribution in [3.63, 3.8) is 0 Å². The Bertz CT molecular complexity index is 354. The second-order valence-corrected chi connectivity index (χ2v) is 3.42. The Kier molecular flexibility index (Phi) is 3.28. The van der Waals surface area contributed by atoms with Crippen LogP contribution in [-0.2, 0) is 0 Å². The summed E-state index contributed by atoms with van der Waals surface area (Å²) in [7, 11) is 0. The summed E-state index contributed by atoms with van der Waals surface area (Å²) in [6.07, 6.45) is 0. The molecular weight excluding hydrogens is 176 g/mol.